The Bertz CT molecular complexity index is 226. The van der Waals surface area contributed by atoms with Crippen LogP contribution < -0.4 is 0 Å². The van der Waals surface area contributed by atoms with Gasteiger partial charge in [-0.2, -0.15) is 0 Å². The summed E-state index contributed by atoms with van der Waals surface area (Å²) in [5.74, 6) is 0.510. The van der Waals surface area contributed by atoms with Gasteiger partial charge in [-0.1, -0.05) is 42.5 Å². The maximum atomic E-state index is 2.20. The van der Waals surface area contributed by atoms with Crippen molar-refractivity contribution in [1.29, 1.82) is 0 Å². The molecular weight excluding hydrogens is 132 g/mol. The van der Waals surface area contributed by atoms with Crippen molar-refractivity contribution in [3.05, 3.63) is 48.1 Å². The van der Waals surface area contributed by atoms with Crippen LogP contribution in [0, 0.1) is 5.92 Å². The Hall–Kier alpha value is -1.04. The van der Waals surface area contributed by atoms with Gasteiger partial charge in [0, 0.05) is 5.92 Å². The van der Waals surface area contributed by atoms with Crippen molar-refractivity contribution in [3.8, 4) is 0 Å². The molecule has 0 aliphatic heterocycles. The Kier molecular flexibility index (Phi) is 2.91. The first-order valence-corrected chi connectivity index (χ1v) is 4.02. The van der Waals surface area contributed by atoms with E-state index in [0.717, 1.165) is 0 Å². The topological polar surface area (TPSA) is 0 Å². The highest BCUT2D eigenvalue weighted by Crippen LogP contribution is 2.21. The fraction of sp³-hybridized carbons (Fsp3) is 0.273. The van der Waals surface area contributed by atoms with Gasteiger partial charge < -0.3 is 0 Å². The molecule has 0 saturated carbocycles. The van der Waals surface area contributed by atoms with Gasteiger partial charge in [0.2, 0.25) is 0 Å². The van der Waals surface area contributed by atoms with Gasteiger partial charge in [0.15, 0.2) is 0 Å². The predicted molar refractivity (Wildman–Crippen MR) is 50.3 cm³/mol. The second-order valence-corrected chi connectivity index (χ2v) is 2.60. The van der Waals surface area contributed by atoms with Crippen LogP contribution in [0.4, 0.5) is 0 Å². The van der Waals surface area contributed by atoms with Crippen molar-refractivity contribution in [3.63, 3.8) is 0 Å². The Morgan fingerprint density at radius 1 is 1.27 bits per heavy atom. The first-order valence-electron chi connectivity index (χ1n) is 4.02. The second-order valence-electron chi connectivity index (χ2n) is 2.60. The molecule has 0 aromatic heterocycles. The SMILES string of the molecule is CC=CC1=CC=CC1C=CC. The highest BCUT2D eigenvalue weighted by Gasteiger charge is 2.06. The Morgan fingerprint density at radius 2 is 2.09 bits per heavy atom. The van der Waals surface area contributed by atoms with E-state index in [1.165, 1.54) is 5.57 Å². The molecule has 0 heterocycles. The molecule has 0 aromatic carbocycles. The molecule has 0 saturated heterocycles. The van der Waals surface area contributed by atoms with Crippen LogP contribution in [0.15, 0.2) is 48.1 Å². The Morgan fingerprint density at radius 3 is 2.73 bits per heavy atom. The average molecular weight is 146 g/mol. The van der Waals surface area contributed by atoms with E-state index in [-0.39, 0.29) is 0 Å². The van der Waals surface area contributed by atoms with Gasteiger partial charge >= 0.3 is 0 Å². The van der Waals surface area contributed by atoms with E-state index in [1.54, 1.807) is 0 Å². The zero-order chi connectivity index (χ0) is 8.10. The molecule has 0 nitrogen and oxygen atoms in total. The van der Waals surface area contributed by atoms with Crippen molar-refractivity contribution in [2.75, 3.05) is 0 Å². The lowest BCUT2D eigenvalue weighted by molar-refractivity contribution is 1.03. The Balaban J connectivity index is 2.68. The largest absolute Gasteiger partial charge is 0.0907 e. The van der Waals surface area contributed by atoms with Gasteiger partial charge in [-0.3, -0.25) is 0 Å². The predicted octanol–water partition coefficient (Wildman–Crippen LogP) is 3.25. The fourth-order valence-corrected chi connectivity index (χ4v) is 1.25. The first kappa shape index (κ1) is 8.06. The summed E-state index contributed by atoms with van der Waals surface area (Å²) >= 11 is 0. The summed E-state index contributed by atoms with van der Waals surface area (Å²) in [7, 11) is 0. The lowest BCUT2D eigenvalue weighted by Crippen LogP contribution is -1.89. The van der Waals surface area contributed by atoms with E-state index in [0.29, 0.717) is 5.92 Å². The molecule has 1 unspecified atom stereocenters. The molecule has 0 fully saturated rings. The molecule has 1 atom stereocenters. The van der Waals surface area contributed by atoms with Crippen molar-refractivity contribution < 1.29 is 0 Å². The van der Waals surface area contributed by atoms with Gasteiger partial charge in [0.1, 0.15) is 0 Å². The molecule has 0 N–H and O–H groups in total. The van der Waals surface area contributed by atoms with E-state index in [9.17, 15) is 0 Å². The van der Waals surface area contributed by atoms with E-state index < -0.39 is 0 Å². The molecule has 0 bridgehead atoms. The van der Waals surface area contributed by atoms with Crippen LogP contribution in [0.2, 0.25) is 0 Å². The van der Waals surface area contributed by atoms with Crippen LogP contribution in [0.5, 0.6) is 0 Å². The van der Waals surface area contributed by atoms with Crippen LogP contribution in [0.25, 0.3) is 0 Å². The van der Waals surface area contributed by atoms with Gasteiger partial charge in [-0.05, 0) is 19.4 Å². The molecule has 1 aliphatic carbocycles. The first-order chi connectivity index (χ1) is 5.38. The molecule has 0 amide bonds. The maximum absolute atomic E-state index is 2.20. The highest BCUT2D eigenvalue weighted by molar-refractivity contribution is 5.38. The minimum Gasteiger partial charge on any atom is -0.0907 e. The molecule has 58 valence electrons. The average Bonchev–Trinajstić information content (AvgIpc) is 2.39. The molecule has 11 heavy (non-hydrogen) atoms. The zero-order valence-electron chi connectivity index (χ0n) is 7.12. The smallest absolute Gasteiger partial charge is 0.0201 e. The minimum absolute atomic E-state index is 0.510. The van der Waals surface area contributed by atoms with Crippen LogP contribution in [0.1, 0.15) is 13.8 Å². The number of rotatable bonds is 2. The molecule has 0 spiro atoms. The molecule has 0 aromatic rings. The van der Waals surface area contributed by atoms with E-state index in [2.05, 4.69) is 49.5 Å². The van der Waals surface area contributed by atoms with Crippen LogP contribution in [0.3, 0.4) is 0 Å². The summed E-state index contributed by atoms with van der Waals surface area (Å²) in [5, 5.41) is 0. The summed E-state index contributed by atoms with van der Waals surface area (Å²) in [6.07, 6.45) is 15.0. The summed E-state index contributed by atoms with van der Waals surface area (Å²) in [4.78, 5) is 0. The van der Waals surface area contributed by atoms with Crippen molar-refractivity contribution in [2.45, 2.75) is 13.8 Å². The summed E-state index contributed by atoms with van der Waals surface area (Å²) in [5.41, 5.74) is 1.38. The van der Waals surface area contributed by atoms with E-state index in [1.807, 2.05) is 6.92 Å². The van der Waals surface area contributed by atoms with Gasteiger partial charge in [-0.15, -0.1) is 0 Å². The lowest BCUT2D eigenvalue weighted by Gasteiger charge is -2.02. The van der Waals surface area contributed by atoms with Crippen LogP contribution in [-0.2, 0) is 0 Å². The number of allylic oxidation sites excluding steroid dienone is 8. The highest BCUT2D eigenvalue weighted by atomic mass is 14.1. The van der Waals surface area contributed by atoms with Crippen LogP contribution >= 0.6 is 0 Å². The molecular formula is C11H14. The van der Waals surface area contributed by atoms with Gasteiger partial charge in [-0.25, -0.2) is 0 Å². The molecule has 0 heteroatoms. The van der Waals surface area contributed by atoms with Crippen molar-refractivity contribution >= 4 is 0 Å². The third-order valence-corrected chi connectivity index (χ3v) is 1.75. The third-order valence-electron chi connectivity index (χ3n) is 1.75. The second kappa shape index (κ2) is 3.97. The summed E-state index contributed by atoms with van der Waals surface area (Å²) in [6, 6.07) is 0. The summed E-state index contributed by atoms with van der Waals surface area (Å²) < 4.78 is 0. The van der Waals surface area contributed by atoms with E-state index >= 15 is 0 Å². The molecule has 1 aliphatic rings. The van der Waals surface area contributed by atoms with E-state index in [4.69, 9.17) is 0 Å². The quantitative estimate of drug-likeness (QED) is 0.524. The molecule has 0 radical (unpaired) electrons. The standard InChI is InChI=1S/C11H14/c1-3-6-10-8-5-9-11(10)7-4-2/h3-10H,1-2H3. The molecule has 1 rings (SSSR count). The van der Waals surface area contributed by atoms with Crippen LogP contribution in [-0.4, -0.2) is 0 Å². The Labute approximate surface area is 68.6 Å². The minimum atomic E-state index is 0.510. The summed E-state index contributed by atoms with van der Waals surface area (Å²) in [6.45, 7) is 4.10. The monoisotopic (exact) mass is 146 g/mol. The number of hydrogen-bond donors (Lipinski definition) is 0. The van der Waals surface area contributed by atoms with Gasteiger partial charge in [0.25, 0.3) is 0 Å². The van der Waals surface area contributed by atoms with Gasteiger partial charge in [0.05, 0.1) is 0 Å². The van der Waals surface area contributed by atoms with Crippen molar-refractivity contribution in [1.82, 2.24) is 0 Å². The fourth-order valence-electron chi connectivity index (χ4n) is 1.25. The number of hydrogen-bond acceptors (Lipinski definition) is 0. The normalized spacial score (nSPS) is 23.8. The maximum Gasteiger partial charge on any atom is 0.0201 e. The zero-order valence-corrected chi connectivity index (χ0v) is 7.12. The lowest BCUT2D eigenvalue weighted by atomic mass is 10.0. The third kappa shape index (κ3) is 1.94. The van der Waals surface area contributed by atoms with Crippen molar-refractivity contribution in [2.24, 2.45) is 5.92 Å².